The molecular weight excluding hydrogens is 326 g/mol. The van der Waals surface area contributed by atoms with Crippen molar-refractivity contribution in [3.63, 3.8) is 0 Å². The number of hydrogen-bond donors (Lipinski definition) is 2. The second-order valence-corrected chi connectivity index (χ2v) is 8.12. The Labute approximate surface area is 157 Å². The fourth-order valence-corrected chi connectivity index (χ4v) is 2.99. The monoisotopic (exact) mass is 359 g/mol. The van der Waals surface area contributed by atoms with Gasteiger partial charge in [0.2, 0.25) is 11.8 Å². The van der Waals surface area contributed by atoms with Crippen LogP contribution in [0.4, 0.5) is 0 Å². The van der Waals surface area contributed by atoms with Gasteiger partial charge >= 0.3 is 0 Å². The molecule has 0 radical (unpaired) electrons. The van der Waals surface area contributed by atoms with Crippen LogP contribution in [0.25, 0.3) is 0 Å². The fourth-order valence-electron chi connectivity index (χ4n) is 2.99. The van der Waals surface area contributed by atoms with Gasteiger partial charge in [-0.1, -0.05) is 52.0 Å². The molecule has 0 aliphatic heterocycles. The molecular formula is C21H33N3O2. The lowest BCUT2D eigenvalue weighted by atomic mass is 9.93. The van der Waals surface area contributed by atoms with Gasteiger partial charge in [0.1, 0.15) is 0 Å². The van der Waals surface area contributed by atoms with Gasteiger partial charge in [0.25, 0.3) is 0 Å². The van der Waals surface area contributed by atoms with Crippen LogP contribution < -0.4 is 10.6 Å². The minimum Gasteiger partial charge on any atom is -0.352 e. The van der Waals surface area contributed by atoms with Crippen molar-refractivity contribution in [1.82, 2.24) is 15.5 Å². The Morgan fingerprint density at radius 3 is 2.04 bits per heavy atom. The van der Waals surface area contributed by atoms with Gasteiger partial charge in [-0.3, -0.25) is 14.5 Å². The van der Waals surface area contributed by atoms with Crippen LogP contribution in [0, 0.1) is 5.92 Å². The van der Waals surface area contributed by atoms with Crippen LogP contribution in [0.1, 0.15) is 63.6 Å². The van der Waals surface area contributed by atoms with E-state index < -0.39 is 0 Å². The lowest BCUT2D eigenvalue weighted by Gasteiger charge is -2.25. The predicted molar refractivity (Wildman–Crippen MR) is 105 cm³/mol. The Balaban J connectivity index is 1.89. The van der Waals surface area contributed by atoms with Crippen molar-refractivity contribution in [3.05, 3.63) is 35.4 Å². The highest BCUT2D eigenvalue weighted by Crippen LogP contribution is 2.24. The van der Waals surface area contributed by atoms with Crippen LogP contribution in [-0.2, 0) is 9.59 Å². The molecule has 0 aromatic heterocycles. The maximum Gasteiger partial charge on any atom is 0.234 e. The van der Waals surface area contributed by atoms with E-state index in [1.54, 1.807) is 11.9 Å². The first kappa shape index (κ1) is 20.4. The smallest absolute Gasteiger partial charge is 0.234 e. The second-order valence-electron chi connectivity index (χ2n) is 8.12. The third kappa shape index (κ3) is 6.45. The maximum absolute atomic E-state index is 12.4. The second kappa shape index (κ2) is 9.17. The molecule has 1 atom stereocenters. The van der Waals surface area contributed by atoms with E-state index in [9.17, 15) is 9.59 Å². The summed E-state index contributed by atoms with van der Waals surface area (Å²) in [6.07, 6.45) is 2.14. The average molecular weight is 360 g/mol. The van der Waals surface area contributed by atoms with Crippen LogP contribution in [0.2, 0.25) is 0 Å². The summed E-state index contributed by atoms with van der Waals surface area (Å²) < 4.78 is 0. The van der Waals surface area contributed by atoms with E-state index in [0.717, 1.165) is 18.4 Å². The number of nitrogens with one attached hydrogen (secondary N) is 2. The molecule has 144 valence electrons. The van der Waals surface area contributed by atoms with Crippen molar-refractivity contribution in [1.29, 1.82) is 0 Å². The van der Waals surface area contributed by atoms with Crippen LogP contribution >= 0.6 is 0 Å². The number of benzene rings is 1. The van der Waals surface area contributed by atoms with Gasteiger partial charge in [-0.15, -0.1) is 0 Å². The number of rotatable bonds is 9. The molecule has 26 heavy (non-hydrogen) atoms. The van der Waals surface area contributed by atoms with Gasteiger partial charge in [-0.05, 0) is 42.9 Å². The first-order valence-electron chi connectivity index (χ1n) is 9.63. The van der Waals surface area contributed by atoms with E-state index in [0.29, 0.717) is 12.0 Å². The zero-order chi connectivity index (χ0) is 19.3. The zero-order valence-corrected chi connectivity index (χ0v) is 16.7. The maximum atomic E-state index is 12.4. The number of amides is 2. The summed E-state index contributed by atoms with van der Waals surface area (Å²) >= 11 is 0. The molecule has 1 aromatic rings. The minimum atomic E-state index is -0.0571. The quantitative estimate of drug-likeness (QED) is 0.713. The number of likely N-dealkylation sites (N-methyl/N-ethyl adjacent to an activating group) is 1. The summed E-state index contributed by atoms with van der Waals surface area (Å²) in [5, 5.41) is 6.07. The number of carbonyl (C=O) groups is 2. The van der Waals surface area contributed by atoms with Gasteiger partial charge < -0.3 is 10.6 Å². The minimum absolute atomic E-state index is 0.00696. The highest BCUT2D eigenvalue weighted by Gasteiger charge is 2.24. The highest BCUT2D eigenvalue weighted by atomic mass is 16.2. The Morgan fingerprint density at radius 1 is 1.00 bits per heavy atom. The molecule has 5 nitrogen and oxygen atoms in total. The molecule has 0 heterocycles. The Hall–Kier alpha value is -1.88. The van der Waals surface area contributed by atoms with Crippen LogP contribution in [-0.4, -0.2) is 42.9 Å². The first-order valence-corrected chi connectivity index (χ1v) is 9.63. The van der Waals surface area contributed by atoms with Crippen LogP contribution in [0.15, 0.2) is 24.3 Å². The van der Waals surface area contributed by atoms with Crippen molar-refractivity contribution in [2.24, 2.45) is 5.92 Å². The standard InChI is InChI=1S/C21H33N3O2/c1-14(2)16-6-8-17(9-7-16)21(15(3)4)23-20(26)13-24(5)12-19(25)22-18-10-11-18/h6-9,14-15,18,21H,10-13H2,1-5H3,(H,22,25)(H,23,26)/t21-/m0/s1. The first-order chi connectivity index (χ1) is 12.3. The van der Waals surface area contributed by atoms with Crippen LogP contribution in [0.5, 0.6) is 0 Å². The van der Waals surface area contributed by atoms with Gasteiger partial charge in [0.15, 0.2) is 0 Å². The van der Waals surface area contributed by atoms with E-state index >= 15 is 0 Å². The molecule has 2 amide bonds. The number of carbonyl (C=O) groups excluding carboxylic acids is 2. The highest BCUT2D eigenvalue weighted by molar-refractivity contribution is 5.81. The summed E-state index contributed by atoms with van der Waals surface area (Å²) in [7, 11) is 1.80. The van der Waals surface area contributed by atoms with Gasteiger partial charge in [0.05, 0.1) is 19.1 Å². The molecule has 0 unspecified atom stereocenters. The SMILES string of the molecule is CC(C)c1ccc([C@@H](NC(=O)CN(C)CC(=O)NC2CC2)C(C)C)cc1. The third-order valence-electron chi connectivity index (χ3n) is 4.71. The van der Waals surface area contributed by atoms with Crippen LogP contribution in [0.3, 0.4) is 0 Å². The molecule has 1 fully saturated rings. The van der Waals surface area contributed by atoms with Gasteiger partial charge in [-0.25, -0.2) is 0 Å². The summed E-state index contributed by atoms with van der Waals surface area (Å²) in [5.41, 5.74) is 2.41. The Morgan fingerprint density at radius 2 is 1.54 bits per heavy atom. The Bertz CT molecular complexity index is 606. The molecule has 0 bridgehead atoms. The summed E-state index contributed by atoms with van der Waals surface area (Å²) in [5.74, 6) is 0.713. The molecule has 5 heteroatoms. The summed E-state index contributed by atoms with van der Waals surface area (Å²) in [6, 6.07) is 8.80. The topological polar surface area (TPSA) is 61.4 Å². The van der Waals surface area contributed by atoms with Crippen molar-refractivity contribution < 1.29 is 9.59 Å². The lowest BCUT2D eigenvalue weighted by Crippen LogP contribution is -2.42. The van der Waals surface area contributed by atoms with E-state index in [2.05, 4.69) is 62.6 Å². The van der Waals surface area contributed by atoms with Gasteiger partial charge in [-0.2, -0.15) is 0 Å². The number of hydrogen-bond acceptors (Lipinski definition) is 3. The Kier molecular flexibility index (Phi) is 7.21. The summed E-state index contributed by atoms with van der Waals surface area (Å²) in [4.78, 5) is 26.0. The largest absolute Gasteiger partial charge is 0.352 e. The van der Waals surface area contributed by atoms with Gasteiger partial charge in [0, 0.05) is 6.04 Å². The van der Waals surface area contributed by atoms with E-state index in [1.807, 2.05) is 0 Å². The van der Waals surface area contributed by atoms with Crippen molar-refractivity contribution in [3.8, 4) is 0 Å². The summed E-state index contributed by atoms with van der Waals surface area (Å²) in [6.45, 7) is 9.02. The van der Waals surface area contributed by atoms with Crippen molar-refractivity contribution in [2.75, 3.05) is 20.1 Å². The van der Waals surface area contributed by atoms with E-state index in [1.165, 1.54) is 5.56 Å². The molecule has 1 aliphatic rings. The zero-order valence-electron chi connectivity index (χ0n) is 16.7. The van der Waals surface area contributed by atoms with E-state index in [-0.39, 0.29) is 36.9 Å². The lowest BCUT2D eigenvalue weighted by molar-refractivity contribution is -0.125. The molecule has 0 spiro atoms. The molecule has 2 rings (SSSR count). The molecule has 1 saturated carbocycles. The third-order valence-corrected chi connectivity index (χ3v) is 4.71. The molecule has 2 N–H and O–H groups in total. The predicted octanol–water partition coefficient (Wildman–Crippen LogP) is 2.83. The van der Waals surface area contributed by atoms with E-state index in [4.69, 9.17) is 0 Å². The molecule has 1 aliphatic carbocycles. The van der Waals surface area contributed by atoms with Crippen molar-refractivity contribution >= 4 is 11.8 Å². The normalized spacial score (nSPS) is 15.4. The average Bonchev–Trinajstić information content (AvgIpc) is 3.35. The fraction of sp³-hybridized carbons (Fsp3) is 0.619. The number of nitrogens with zero attached hydrogens (tertiary/aromatic N) is 1. The molecule has 1 aromatic carbocycles. The van der Waals surface area contributed by atoms with Crippen molar-refractivity contribution in [2.45, 2.75) is 58.5 Å². The molecule has 0 saturated heterocycles.